The molecule has 0 aromatic heterocycles. The van der Waals surface area contributed by atoms with E-state index in [0.717, 1.165) is 12.8 Å². The highest BCUT2D eigenvalue weighted by Crippen LogP contribution is 2.11. The van der Waals surface area contributed by atoms with Crippen molar-refractivity contribution in [1.82, 2.24) is 5.32 Å². The number of carboxylic acids is 1. The first kappa shape index (κ1) is 19.9. The predicted octanol–water partition coefficient (Wildman–Crippen LogP) is 2.47. The number of unbranched alkanes of at least 4 members (excludes halogenated alkanes) is 2. The molecule has 0 aliphatic rings. The van der Waals surface area contributed by atoms with Gasteiger partial charge in [-0.1, -0.05) is 6.42 Å². The summed E-state index contributed by atoms with van der Waals surface area (Å²) in [4.78, 5) is 33.6. The highest BCUT2D eigenvalue weighted by molar-refractivity contribution is 6.06. The number of hydrogen-bond acceptors (Lipinski definition) is 5. The lowest BCUT2D eigenvalue weighted by atomic mass is 10.1. The van der Waals surface area contributed by atoms with Gasteiger partial charge in [0.15, 0.2) is 5.78 Å². The van der Waals surface area contributed by atoms with Crippen LogP contribution in [0.3, 0.4) is 0 Å². The molecule has 1 amide bonds. The summed E-state index contributed by atoms with van der Waals surface area (Å²) in [5, 5.41) is 23.1. The van der Waals surface area contributed by atoms with Crippen molar-refractivity contribution in [3.05, 3.63) is 41.6 Å². The lowest BCUT2D eigenvalue weighted by Crippen LogP contribution is -2.17. The van der Waals surface area contributed by atoms with E-state index in [1.165, 1.54) is 13.1 Å². The zero-order valence-electron chi connectivity index (χ0n) is 14.0. The van der Waals surface area contributed by atoms with Crippen LogP contribution < -0.4 is 10.6 Å². The Morgan fingerprint density at radius 2 is 1.84 bits per heavy atom. The standard InChI is InChI=1S/C18H21N3O4/c1-13(22)14-6-8-16(9-7-14)21-18(25)15(11-19)12-20-10-4-2-3-5-17(23)24/h6-9,12,20H,2-5,10H2,1H3,(H,21,25)(H,23,24)/b15-12-. The van der Waals surface area contributed by atoms with Gasteiger partial charge in [0.25, 0.3) is 5.91 Å². The van der Waals surface area contributed by atoms with Gasteiger partial charge in [0.1, 0.15) is 11.6 Å². The Balaban J connectivity index is 2.44. The zero-order valence-corrected chi connectivity index (χ0v) is 14.0. The number of aliphatic carboxylic acids is 1. The lowest BCUT2D eigenvalue weighted by molar-refractivity contribution is -0.137. The summed E-state index contributed by atoms with van der Waals surface area (Å²) in [7, 11) is 0. The van der Waals surface area contributed by atoms with Crippen LogP contribution in [0.2, 0.25) is 0 Å². The first-order valence-electron chi connectivity index (χ1n) is 7.92. The molecule has 1 aromatic rings. The summed E-state index contributed by atoms with van der Waals surface area (Å²) in [5.74, 6) is -1.42. The minimum absolute atomic E-state index is 0.0666. The van der Waals surface area contributed by atoms with Crippen LogP contribution in [0.25, 0.3) is 0 Å². The lowest BCUT2D eigenvalue weighted by Gasteiger charge is -2.06. The fourth-order valence-electron chi connectivity index (χ4n) is 1.99. The Morgan fingerprint density at radius 3 is 2.40 bits per heavy atom. The van der Waals surface area contributed by atoms with Crippen molar-refractivity contribution in [1.29, 1.82) is 5.26 Å². The Labute approximate surface area is 146 Å². The summed E-state index contributed by atoms with van der Waals surface area (Å²) in [6.45, 7) is 2.00. The van der Waals surface area contributed by atoms with Crippen LogP contribution in [-0.2, 0) is 9.59 Å². The van der Waals surface area contributed by atoms with Crippen molar-refractivity contribution >= 4 is 23.3 Å². The van der Waals surface area contributed by atoms with Gasteiger partial charge in [0, 0.05) is 30.4 Å². The first-order chi connectivity index (χ1) is 11.9. The maximum absolute atomic E-state index is 12.0. The van der Waals surface area contributed by atoms with E-state index >= 15 is 0 Å². The largest absolute Gasteiger partial charge is 0.481 e. The monoisotopic (exact) mass is 343 g/mol. The number of carbonyl (C=O) groups is 3. The molecule has 0 atom stereocenters. The second kappa shape index (κ2) is 10.6. The van der Waals surface area contributed by atoms with E-state index in [1.54, 1.807) is 24.3 Å². The highest BCUT2D eigenvalue weighted by atomic mass is 16.4. The maximum atomic E-state index is 12.0. The molecule has 0 heterocycles. The average Bonchev–Trinajstić information content (AvgIpc) is 2.57. The third-order valence-corrected chi connectivity index (χ3v) is 3.37. The van der Waals surface area contributed by atoms with Crippen LogP contribution in [0.5, 0.6) is 0 Å². The van der Waals surface area contributed by atoms with Crippen molar-refractivity contribution in [2.75, 3.05) is 11.9 Å². The number of nitrogens with zero attached hydrogens (tertiary/aromatic N) is 1. The molecule has 25 heavy (non-hydrogen) atoms. The maximum Gasteiger partial charge on any atom is 0.303 e. The molecule has 3 N–H and O–H groups in total. The molecule has 0 spiro atoms. The second-order valence-corrected chi connectivity index (χ2v) is 5.42. The third-order valence-electron chi connectivity index (χ3n) is 3.37. The van der Waals surface area contributed by atoms with E-state index in [9.17, 15) is 14.4 Å². The SMILES string of the molecule is CC(=O)c1ccc(NC(=O)/C(C#N)=C\NCCCCCC(=O)O)cc1. The topological polar surface area (TPSA) is 119 Å². The molecule has 0 aliphatic carbocycles. The number of nitriles is 1. The molecule has 0 unspecified atom stereocenters. The smallest absolute Gasteiger partial charge is 0.303 e. The molecule has 1 aromatic carbocycles. The highest BCUT2D eigenvalue weighted by Gasteiger charge is 2.09. The van der Waals surface area contributed by atoms with Crippen molar-refractivity contribution in [3.8, 4) is 6.07 Å². The number of Topliss-reactive ketones (excluding diaryl/α,β-unsaturated/α-hetero) is 1. The molecular formula is C18H21N3O4. The Morgan fingerprint density at radius 1 is 1.16 bits per heavy atom. The van der Waals surface area contributed by atoms with Gasteiger partial charge in [-0.05, 0) is 44.0 Å². The molecule has 7 nitrogen and oxygen atoms in total. The number of amides is 1. The Kier molecular flexibility index (Phi) is 8.44. The fourth-order valence-corrected chi connectivity index (χ4v) is 1.99. The number of carbonyl (C=O) groups excluding carboxylic acids is 2. The van der Waals surface area contributed by atoms with Gasteiger partial charge in [0.2, 0.25) is 0 Å². The molecule has 0 aliphatic heterocycles. The number of nitrogens with one attached hydrogen (secondary N) is 2. The fraction of sp³-hybridized carbons (Fsp3) is 0.333. The molecule has 0 fully saturated rings. The molecule has 132 valence electrons. The molecular weight excluding hydrogens is 322 g/mol. The van der Waals surface area contributed by atoms with E-state index in [2.05, 4.69) is 10.6 Å². The van der Waals surface area contributed by atoms with Crippen LogP contribution in [0.1, 0.15) is 43.0 Å². The van der Waals surface area contributed by atoms with Gasteiger partial charge in [-0.2, -0.15) is 5.26 Å². The van der Waals surface area contributed by atoms with E-state index in [1.807, 2.05) is 6.07 Å². The molecule has 0 saturated heterocycles. The zero-order chi connectivity index (χ0) is 18.7. The average molecular weight is 343 g/mol. The van der Waals surface area contributed by atoms with E-state index in [4.69, 9.17) is 10.4 Å². The van der Waals surface area contributed by atoms with Gasteiger partial charge >= 0.3 is 5.97 Å². The Bertz CT molecular complexity index is 687. The number of ketones is 1. The number of carboxylic acid groups (broad SMARTS) is 1. The molecule has 7 heteroatoms. The second-order valence-electron chi connectivity index (χ2n) is 5.42. The van der Waals surface area contributed by atoms with Crippen molar-refractivity contribution < 1.29 is 19.5 Å². The van der Waals surface area contributed by atoms with Crippen LogP contribution >= 0.6 is 0 Å². The van der Waals surface area contributed by atoms with Crippen LogP contribution in [0, 0.1) is 11.3 Å². The minimum atomic E-state index is -0.812. The summed E-state index contributed by atoms with van der Waals surface area (Å²) in [6, 6.07) is 8.22. The minimum Gasteiger partial charge on any atom is -0.481 e. The molecule has 0 radical (unpaired) electrons. The number of hydrogen-bond donors (Lipinski definition) is 3. The summed E-state index contributed by atoms with van der Waals surface area (Å²) >= 11 is 0. The third kappa shape index (κ3) is 7.79. The summed E-state index contributed by atoms with van der Waals surface area (Å²) in [5.41, 5.74) is 0.963. The number of anilines is 1. The Hall–Kier alpha value is -3.14. The van der Waals surface area contributed by atoms with Crippen molar-refractivity contribution in [2.45, 2.75) is 32.6 Å². The van der Waals surface area contributed by atoms with Gasteiger partial charge in [0.05, 0.1) is 0 Å². The van der Waals surface area contributed by atoms with Gasteiger partial charge in [-0.3, -0.25) is 14.4 Å². The van der Waals surface area contributed by atoms with Gasteiger partial charge in [-0.25, -0.2) is 0 Å². The molecule has 0 bridgehead atoms. The normalized spacial score (nSPS) is 10.6. The van der Waals surface area contributed by atoms with Crippen molar-refractivity contribution in [2.24, 2.45) is 0 Å². The van der Waals surface area contributed by atoms with E-state index < -0.39 is 11.9 Å². The quantitative estimate of drug-likeness (QED) is 0.260. The van der Waals surface area contributed by atoms with Crippen LogP contribution in [-0.4, -0.2) is 29.3 Å². The number of rotatable bonds is 10. The number of benzene rings is 1. The predicted molar refractivity (Wildman–Crippen MR) is 92.9 cm³/mol. The summed E-state index contributed by atoms with van der Waals surface area (Å²) in [6.07, 6.45) is 3.59. The summed E-state index contributed by atoms with van der Waals surface area (Å²) < 4.78 is 0. The van der Waals surface area contributed by atoms with E-state index in [-0.39, 0.29) is 17.8 Å². The van der Waals surface area contributed by atoms with Gasteiger partial charge in [-0.15, -0.1) is 0 Å². The van der Waals surface area contributed by atoms with Crippen LogP contribution in [0.15, 0.2) is 36.0 Å². The van der Waals surface area contributed by atoms with E-state index in [0.29, 0.717) is 24.2 Å². The van der Waals surface area contributed by atoms with Crippen molar-refractivity contribution in [3.63, 3.8) is 0 Å². The molecule has 0 saturated carbocycles. The van der Waals surface area contributed by atoms with Crippen LogP contribution in [0.4, 0.5) is 5.69 Å². The molecule has 1 rings (SSSR count). The van der Waals surface area contributed by atoms with Gasteiger partial charge < -0.3 is 15.7 Å². The first-order valence-corrected chi connectivity index (χ1v) is 7.92.